The summed E-state index contributed by atoms with van der Waals surface area (Å²) in [5, 5.41) is 4.18. The Bertz CT molecular complexity index is 723. The molecular formula is C17H17F4N2O2+. The predicted octanol–water partition coefficient (Wildman–Crippen LogP) is 2.83. The van der Waals surface area contributed by atoms with Gasteiger partial charge in [-0.3, -0.25) is 4.79 Å². The fourth-order valence-electron chi connectivity index (χ4n) is 2.21. The van der Waals surface area contributed by atoms with E-state index in [-0.39, 0.29) is 24.2 Å². The minimum Gasteiger partial charge on any atom is -0.435 e. The van der Waals surface area contributed by atoms with Crippen molar-refractivity contribution in [3.63, 3.8) is 0 Å². The van der Waals surface area contributed by atoms with Crippen LogP contribution in [0, 0.1) is 11.6 Å². The van der Waals surface area contributed by atoms with Crippen molar-refractivity contribution in [3.8, 4) is 5.75 Å². The Morgan fingerprint density at radius 3 is 2.44 bits per heavy atom. The van der Waals surface area contributed by atoms with E-state index >= 15 is 0 Å². The Balaban J connectivity index is 1.85. The van der Waals surface area contributed by atoms with Crippen LogP contribution in [0.3, 0.4) is 0 Å². The first-order valence-electron chi connectivity index (χ1n) is 7.48. The van der Waals surface area contributed by atoms with Gasteiger partial charge >= 0.3 is 6.61 Å². The number of rotatable bonds is 7. The summed E-state index contributed by atoms with van der Waals surface area (Å²) in [6.45, 7) is -1.21. The van der Waals surface area contributed by atoms with Crippen LogP contribution >= 0.6 is 0 Å². The number of amides is 1. The van der Waals surface area contributed by atoms with E-state index in [0.717, 1.165) is 12.1 Å². The van der Waals surface area contributed by atoms with Crippen LogP contribution in [0.2, 0.25) is 0 Å². The summed E-state index contributed by atoms with van der Waals surface area (Å²) in [7, 11) is 0. The minimum atomic E-state index is -2.91. The van der Waals surface area contributed by atoms with E-state index < -0.39 is 18.2 Å². The highest BCUT2D eigenvalue weighted by Crippen LogP contribution is 2.17. The second-order valence-electron chi connectivity index (χ2n) is 5.35. The third-order valence-corrected chi connectivity index (χ3v) is 3.47. The van der Waals surface area contributed by atoms with Gasteiger partial charge in [-0.25, -0.2) is 8.78 Å². The Morgan fingerprint density at radius 2 is 1.84 bits per heavy atom. The maximum atomic E-state index is 13.7. The topological polar surface area (TPSA) is 54.9 Å². The SMILES string of the molecule is C[C@@H]([NH2+]CC(=O)Nc1ccc(OC(F)F)cc1)c1ccc(F)cc1F. The van der Waals surface area contributed by atoms with Gasteiger partial charge in [-0.2, -0.15) is 8.78 Å². The first-order chi connectivity index (χ1) is 11.8. The number of hydrogen-bond acceptors (Lipinski definition) is 2. The quantitative estimate of drug-likeness (QED) is 0.749. The Labute approximate surface area is 141 Å². The molecule has 0 aliphatic carbocycles. The number of carbonyl (C=O) groups excluding carboxylic acids is 1. The molecule has 1 amide bonds. The highest BCUT2D eigenvalue weighted by Gasteiger charge is 2.16. The molecule has 0 aliphatic heterocycles. The zero-order valence-corrected chi connectivity index (χ0v) is 13.3. The van der Waals surface area contributed by atoms with E-state index in [1.54, 1.807) is 12.2 Å². The summed E-state index contributed by atoms with van der Waals surface area (Å²) in [6.07, 6.45) is 0. The molecule has 0 fully saturated rings. The van der Waals surface area contributed by atoms with Crippen LogP contribution in [0.15, 0.2) is 42.5 Å². The third kappa shape index (κ3) is 5.75. The van der Waals surface area contributed by atoms with E-state index in [4.69, 9.17) is 0 Å². The van der Waals surface area contributed by atoms with Crippen molar-refractivity contribution in [2.45, 2.75) is 19.6 Å². The van der Waals surface area contributed by atoms with Gasteiger partial charge < -0.3 is 15.4 Å². The smallest absolute Gasteiger partial charge is 0.387 e. The number of nitrogens with two attached hydrogens (primary N) is 1. The van der Waals surface area contributed by atoms with Crippen LogP contribution in [0.1, 0.15) is 18.5 Å². The lowest BCUT2D eigenvalue weighted by Crippen LogP contribution is -2.86. The number of nitrogens with one attached hydrogen (secondary N) is 1. The van der Waals surface area contributed by atoms with Gasteiger partial charge in [0.15, 0.2) is 6.54 Å². The average molecular weight is 357 g/mol. The molecule has 2 aromatic rings. The zero-order chi connectivity index (χ0) is 18.4. The van der Waals surface area contributed by atoms with Crippen molar-refractivity contribution in [2.24, 2.45) is 0 Å². The molecule has 0 aliphatic rings. The van der Waals surface area contributed by atoms with E-state index in [2.05, 4.69) is 10.1 Å². The Hall–Kier alpha value is -2.61. The lowest BCUT2D eigenvalue weighted by molar-refractivity contribution is -0.682. The summed E-state index contributed by atoms with van der Waals surface area (Å²) < 4.78 is 54.9. The molecule has 0 aromatic heterocycles. The molecular weight excluding hydrogens is 340 g/mol. The maximum Gasteiger partial charge on any atom is 0.387 e. The molecule has 25 heavy (non-hydrogen) atoms. The standard InChI is InChI=1S/C17H16F4N2O2/c1-10(14-7-2-11(18)8-15(14)19)22-9-16(24)23-12-3-5-13(6-4-12)25-17(20)21/h2-8,10,17,22H,9H2,1H3,(H,23,24)/p+1/t10-/m1/s1. The van der Waals surface area contributed by atoms with Gasteiger partial charge in [0.1, 0.15) is 23.4 Å². The molecule has 2 aromatic carbocycles. The fourth-order valence-corrected chi connectivity index (χ4v) is 2.21. The number of benzene rings is 2. The molecule has 0 spiro atoms. The van der Waals surface area contributed by atoms with Gasteiger partial charge in [0.05, 0.1) is 0 Å². The molecule has 4 nitrogen and oxygen atoms in total. The Kier molecular flexibility index (Phi) is 6.35. The molecule has 3 N–H and O–H groups in total. The van der Waals surface area contributed by atoms with Crippen molar-refractivity contribution in [1.82, 2.24) is 0 Å². The molecule has 1 atom stereocenters. The number of halogens is 4. The number of carbonyl (C=O) groups is 1. The highest BCUT2D eigenvalue weighted by atomic mass is 19.3. The van der Waals surface area contributed by atoms with Crippen LogP contribution < -0.4 is 15.4 Å². The summed E-state index contributed by atoms with van der Waals surface area (Å²) in [5.74, 6) is -1.69. The number of alkyl halides is 2. The van der Waals surface area contributed by atoms with Crippen molar-refractivity contribution in [2.75, 3.05) is 11.9 Å². The fraction of sp³-hybridized carbons (Fsp3) is 0.235. The highest BCUT2D eigenvalue weighted by molar-refractivity contribution is 5.91. The lowest BCUT2D eigenvalue weighted by Gasteiger charge is -2.12. The Morgan fingerprint density at radius 1 is 1.16 bits per heavy atom. The normalized spacial score (nSPS) is 12.1. The largest absolute Gasteiger partial charge is 0.435 e. The number of hydrogen-bond donors (Lipinski definition) is 2. The van der Waals surface area contributed by atoms with Crippen LogP contribution in [-0.4, -0.2) is 19.1 Å². The second kappa shape index (κ2) is 8.48. The third-order valence-electron chi connectivity index (χ3n) is 3.47. The van der Waals surface area contributed by atoms with Gasteiger partial charge in [-0.1, -0.05) is 0 Å². The van der Waals surface area contributed by atoms with Crippen LogP contribution in [0.5, 0.6) is 5.75 Å². The van der Waals surface area contributed by atoms with E-state index in [0.29, 0.717) is 11.3 Å². The van der Waals surface area contributed by atoms with Crippen molar-refractivity contribution < 1.29 is 32.4 Å². The molecule has 0 heterocycles. The van der Waals surface area contributed by atoms with Crippen LogP contribution in [0.4, 0.5) is 23.2 Å². The second-order valence-corrected chi connectivity index (χ2v) is 5.35. The predicted molar refractivity (Wildman–Crippen MR) is 83.3 cm³/mol. The number of anilines is 1. The molecule has 0 bridgehead atoms. The van der Waals surface area contributed by atoms with E-state index in [1.165, 1.54) is 30.3 Å². The summed E-state index contributed by atoms with van der Waals surface area (Å²) in [4.78, 5) is 11.9. The summed E-state index contributed by atoms with van der Waals surface area (Å²) in [6, 6.07) is 8.38. The first kappa shape index (κ1) is 18.7. The first-order valence-corrected chi connectivity index (χ1v) is 7.48. The van der Waals surface area contributed by atoms with Crippen molar-refractivity contribution in [3.05, 3.63) is 59.7 Å². The monoisotopic (exact) mass is 357 g/mol. The van der Waals surface area contributed by atoms with Crippen molar-refractivity contribution >= 4 is 11.6 Å². The minimum absolute atomic E-state index is 0.00721. The van der Waals surface area contributed by atoms with E-state index in [1.807, 2.05) is 0 Å². The van der Waals surface area contributed by atoms with Gasteiger partial charge in [-0.05, 0) is 43.3 Å². The molecule has 0 saturated heterocycles. The van der Waals surface area contributed by atoms with E-state index in [9.17, 15) is 22.4 Å². The van der Waals surface area contributed by atoms with Crippen molar-refractivity contribution in [1.29, 1.82) is 0 Å². The van der Waals surface area contributed by atoms with Crippen LogP contribution in [-0.2, 0) is 4.79 Å². The molecule has 0 radical (unpaired) electrons. The summed E-state index contributed by atoms with van der Waals surface area (Å²) in [5.41, 5.74) is 0.711. The molecule has 0 saturated carbocycles. The average Bonchev–Trinajstić information content (AvgIpc) is 2.54. The molecule has 8 heteroatoms. The van der Waals surface area contributed by atoms with Gasteiger partial charge in [0.25, 0.3) is 5.91 Å². The van der Waals surface area contributed by atoms with Gasteiger partial charge in [0, 0.05) is 17.3 Å². The molecule has 2 rings (SSSR count). The lowest BCUT2D eigenvalue weighted by atomic mass is 10.1. The number of ether oxygens (including phenoxy) is 1. The van der Waals surface area contributed by atoms with Crippen LogP contribution in [0.25, 0.3) is 0 Å². The zero-order valence-electron chi connectivity index (χ0n) is 13.3. The number of quaternary nitrogens is 1. The molecule has 134 valence electrons. The molecule has 0 unspecified atom stereocenters. The maximum absolute atomic E-state index is 13.7. The summed E-state index contributed by atoms with van der Waals surface area (Å²) >= 11 is 0. The van der Waals surface area contributed by atoms with Gasteiger partial charge in [-0.15, -0.1) is 0 Å². The van der Waals surface area contributed by atoms with Gasteiger partial charge in [0.2, 0.25) is 0 Å².